The van der Waals surface area contributed by atoms with E-state index in [9.17, 15) is 14.7 Å². The average molecular weight is 288 g/mol. The van der Waals surface area contributed by atoms with Gasteiger partial charge in [0.25, 0.3) is 0 Å². The van der Waals surface area contributed by atoms with Gasteiger partial charge in [-0.25, -0.2) is 4.79 Å². The molecule has 0 atom stereocenters. The van der Waals surface area contributed by atoms with Crippen LogP contribution in [0.15, 0.2) is 24.3 Å². The second-order valence-electron chi connectivity index (χ2n) is 6.16. The van der Waals surface area contributed by atoms with E-state index in [2.05, 4.69) is 0 Å². The fourth-order valence-corrected chi connectivity index (χ4v) is 2.98. The Morgan fingerprint density at radius 3 is 2.24 bits per heavy atom. The van der Waals surface area contributed by atoms with Gasteiger partial charge in [-0.1, -0.05) is 12.1 Å². The summed E-state index contributed by atoms with van der Waals surface area (Å²) in [5, 5.41) is 9.30. The number of nitrogens with zero attached hydrogens (tertiary/aromatic N) is 2. The molecule has 0 unspecified atom stereocenters. The Morgan fingerprint density at radius 1 is 1.19 bits per heavy atom. The van der Waals surface area contributed by atoms with Crippen LogP contribution in [-0.2, 0) is 10.2 Å². The van der Waals surface area contributed by atoms with Gasteiger partial charge in [0.1, 0.15) is 0 Å². The van der Waals surface area contributed by atoms with Crippen LogP contribution in [0.4, 0.5) is 10.5 Å². The lowest BCUT2D eigenvalue weighted by Crippen LogP contribution is -2.36. The van der Waals surface area contributed by atoms with Crippen molar-refractivity contribution in [3.63, 3.8) is 0 Å². The van der Waals surface area contributed by atoms with Crippen LogP contribution in [0.2, 0.25) is 0 Å². The number of anilines is 1. The number of hydrogen-bond acceptors (Lipinski definition) is 2. The molecule has 1 heterocycles. The standard InChI is InChI=1S/C16H20N2O3/c1-11(2)17-9-10-18(15(17)21)13-5-3-12(4-6-13)16(7-8-16)14(19)20/h3-6,11H,7-10H2,1-2H3,(H,19,20). The van der Waals surface area contributed by atoms with Gasteiger partial charge in [0, 0.05) is 24.8 Å². The number of carbonyl (C=O) groups excluding carboxylic acids is 1. The fraction of sp³-hybridized carbons (Fsp3) is 0.500. The first-order valence-corrected chi connectivity index (χ1v) is 7.38. The zero-order valence-electron chi connectivity index (χ0n) is 12.4. The number of benzene rings is 1. The number of carboxylic acid groups (broad SMARTS) is 1. The van der Waals surface area contributed by atoms with E-state index in [1.54, 1.807) is 4.90 Å². The predicted molar refractivity (Wildman–Crippen MR) is 79.6 cm³/mol. The minimum absolute atomic E-state index is 0.0251. The van der Waals surface area contributed by atoms with E-state index in [4.69, 9.17) is 0 Å². The highest BCUT2D eigenvalue weighted by molar-refractivity contribution is 5.94. The molecule has 2 aliphatic rings. The summed E-state index contributed by atoms with van der Waals surface area (Å²) >= 11 is 0. The molecule has 1 N–H and O–H groups in total. The molecular weight excluding hydrogens is 268 g/mol. The van der Waals surface area contributed by atoms with Crippen LogP contribution < -0.4 is 4.90 Å². The highest BCUT2D eigenvalue weighted by Crippen LogP contribution is 2.48. The van der Waals surface area contributed by atoms with Crippen molar-refractivity contribution in [3.05, 3.63) is 29.8 Å². The van der Waals surface area contributed by atoms with Crippen molar-refractivity contribution >= 4 is 17.7 Å². The molecule has 1 saturated carbocycles. The zero-order valence-corrected chi connectivity index (χ0v) is 12.4. The molecule has 1 aliphatic heterocycles. The third-order valence-corrected chi connectivity index (χ3v) is 4.56. The maximum atomic E-state index is 12.3. The van der Waals surface area contributed by atoms with E-state index in [-0.39, 0.29) is 12.1 Å². The van der Waals surface area contributed by atoms with Gasteiger partial charge in [-0.05, 0) is 44.4 Å². The van der Waals surface area contributed by atoms with Gasteiger partial charge in [0.15, 0.2) is 0 Å². The Kier molecular flexibility index (Phi) is 3.15. The highest BCUT2D eigenvalue weighted by atomic mass is 16.4. The fourth-order valence-electron chi connectivity index (χ4n) is 2.98. The third kappa shape index (κ3) is 2.17. The maximum Gasteiger partial charge on any atom is 0.324 e. The molecular formula is C16H20N2O3. The normalized spacial score (nSPS) is 20.2. The van der Waals surface area contributed by atoms with Crippen molar-refractivity contribution in [1.82, 2.24) is 4.90 Å². The highest BCUT2D eigenvalue weighted by Gasteiger charge is 2.51. The molecule has 0 spiro atoms. The summed E-state index contributed by atoms with van der Waals surface area (Å²) < 4.78 is 0. The zero-order chi connectivity index (χ0) is 15.2. The monoisotopic (exact) mass is 288 g/mol. The van der Waals surface area contributed by atoms with E-state index in [1.165, 1.54) is 0 Å². The van der Waals surface area contributed by atoms with Crippen LogP contribution in [0.25, 0.3) is 0 Å². The van der Waals surface area contributed by atoms with Gasteiger partial charge < -0.3 is 10.0 Å². The summed E-state index contributed by atoms with van der Waals surface area (Å²) in [4.78, 5) is 27.2. The van der Waals surface area contributed by atoms with Crippen molar-refractivity contribution in [3.8, 4) is 0 Å². The van der Waals surface area contributed by atoms with Gasteiger partial charge in [0.05, 0.1) is 5.41 Å². The van der Waals surface area contributed by atoms with E-state index >= 15 is 0 Å². The number of carbonyl (C=O) groups is 2. The lowest BCUT2D eigenvalue weighted by molar-refractivity contribution is -0.140. The number of amides is 2. The molecule has 5 heteroatoms. The molecule has 0 bridgehead atoms. The van der Waals surface area contributed by atoms with Crippen LogP contribution in [-0.4, -0.2) is 41.1 Å². The Hall–Kier alpha value is -2.04. The largest absolute Gasteiger partial charge is 0.481 e. The van der Waals surface area contributed by atoms with E-state index in [0.29, 0.717) is 19.4 Å². The second kappa shape index (κ2) is 4.76. The summed E-state index contributed by atoms with van der Waals surface area (Å²) in [6, 6.07) is 7.64. The Labute approximate surface area is 124 Å². The van der Waals surface area contributed by atoms with Crippen molar-refractivity contribution in [2.45, 2.75) is 38.1 Å². The van der Waals surface area contributed by atoms with Crippen molar-refractivity contribution in [1.29, 1.82) is 0 Å². The molecule has 1 saturated heterocycles. The molecule has 21 heavy (non-hydrogen) atoms. The number of rotatable bonds is 4. The van der Waals surface area contributed by atoms with Gasteiger partial charge in [-0.3, -0.25) is 9.69 Å². The first-order chi connectivity index (χ1) is 9.95. The quantitative estimate of drug-likeness (QED) is 0.925. The van der Waals surface area contributed by atoms with Crippen LogP contribution in [0, 0.1) is 0 Å². The molecule has 2 fully saturated rings. The molecule has 112 valence electrons. The molecule has 1 aliphatic carbocycles. The minimum atomic E-state index is -0.751. The van der Waals surface area contributed by atoms with Crippen LogP contribution in [0.5, 0.6) is 0 Å². The van der Waals surface area contributed by atoms with Crippen molar-refractivity contribution in [2.75, 3.05) is 18.0 Å². The number of carboxylic acids is 1. The van der Waals surface area contributed by atoms with Gasteiger partial charge in [0.2, 0.25) is 0 Å². The van der Waals surface area contributed by atoms with Gasteiger partial charge in [-0.15, -0.1) is 0 Å². The number of hydrogen-bond donors (Lipinski definition) is 1. The summed E-state index contributed by atoms with van der Waals surface area (Å²) in [5.74, 6) is -0.751. The van der Waals surface area contributed by atoms with Crippen molar-refractivity contribution in [2.24, 2.45) is 0 Å². The van der Waals surface area contributed by atoms with E-state index in [0.717, 1.165) is 17.8 Å². The van der Waals surface area contributed by atoms with Crippen LogP contribution in [0.3, 0.4) is 0 Å². The smallest absolute Gasteiger partial charge is 0.324 e. The van der Waals surface area contributed by atoms with Gasteiger partial charge >= 0.3 is 12.0 Å². The molecule has 2 amide bonds. The number of urea groups is 1. The van der Waals surface area contributed by atoms with E-state index in [1.807, 2.05) is 43.0 Å². The topological polar surface area (TPSA) is 60.9 Å². The lowest BCUT2D eigenvalue weighted by Gasteiger charge is -2.22. The first kappa shape index (κ1) is 13.9. The van der Waals surface area contributed by atoms with Gasteiger partial charge in [-0.2, -0.15) is 0 Å². The summed E-state index contributed by atoms with van der Waals surface area (Å²) in [6.07, 6.45) is 1.40. The minimum Gasteiger partial charge on any atom is -0.481 e. The Morgan fingerprint density at radius 2 is 1.81 bits per heavy atom. The van der Waals surface area contributed by atoms with E-state index < -0.39 is 11.4 Å². The first-order valence-electron chi connectivity index (χ1n) is 7.38. The molecule has 0 aromatic heterocycles. The Bertz CT molecular complexity index is 576. The molecule has 1 aromatic carbocycles. The average Bonchev–Trinajstić information content (AvgIpc) is 3.17. The summed E-state index contributed by atoms with van der Waals surface area (Å²) in [5.41, 5.74) is 0.997. The van der Waals surface area contributed by atoms with Crippen LogP contribution in [0.1, 0.15) is 32.3 Å². The van der Waals surface area contributed by atoms with Crippen molar-refractivity contribution < 1.29 is 14.7 Å². The molecule has 0 radical (unpaired) electrons. The SMILES string of the molecule is CC(C)N1CCN(c2ccc(C3(C(=O)O)CC3)cc2)C1=O. The number of aliphatic carboxylic acids is 1. The van der Waals surface area contributed by atoms with Crippen LogP contribution >= 0.6 is 0 Å². The third-order valence-electron chi connectivity index (χ3n) is 4.56. The molecule has 3 rings (SSSR count). The molecule has 1 aromatic rings. The second-order valence-corrected chi connectivity index (χ2v) is 6.16. The summed E-state index contributed by atoms with van der Waals surface area (Å²) in [6.45, 7) is 5.43. The lowest BCUT2D eigenvalue weighted by atomic mass is 9.96. The maximum absolute atomic E-state index is 12.3. The summed E-state index contributed by atoms with van der Waals surface area (Å²) in [7, 11) is 0. The Balaban J connectivity index is 1.80. The molecule has 5 nitrogen and oxygen atoms in total. The predicted octanol–water partition coefficient (Wildman–Crippen LogP) is 2.45.